The molecule has 0 aliphatic carbocycles. The van der Waals surface area contributed by atoms with E-state index in [1.807, 2.05) is 32.0 Å². The Balaban J connectivity index is 1.90. The second-order valence-electron chi connectivity index (χ2n) is 4.41. The molecule has 92 valence electrons. The number of benzene rings is 1. The summed E-state index contributed by atoms with van der Waals surface area (Å²) in [4.78, 5) is 8.86. The number of rotatable bonds is 2. The lowest BCUT2D eigenvalue weighted by atomic mass is 10.1. The van der Waals surface area contributed by atoms with Gasteiger partial charge in [0.2, 0.25) is 6.79 Å². The molecule has 18 heavy (non-hydrogen) atoms. The maximum atomic E-state index is 5.37. The molecule has 0 radical (unpaired) electrons. The maximum Gasteiger partial charge on any atom is 0.231 e. The topological polar surface area (TPSA) is 44.2 Å². The predicted octanol–water partition coefficient (Wildman–Crippen LogP) is 2.41. The van der Waals surface area contributed by atoms with E-state index in [2.05, 4.69) is 9.97 Å². The van der Waals surface area contributed by atoms with E-state index in [4.69, 9.17) is 9.47 Å². The highest BCUT2D eigenvalue weighted by atomic mass is 16.7. The Morgan fingerprint density at radius 1 is 1.17 bits per heavy atom. The van der Waals surface area contributed by atoms with Crippen LogP contribution in [0.2, 0.25) is 0 Å². The molecule has 2 heterocycles. The third kappa shape index (κ3) is 2.01. The third-order valence-electron chi connectivity index (χ3n) is 2.98. The summed E-state index contributed by atoms with van der Waals surface area (Å²) in [6.07, 6.45) is 2.55. The van der Waals surface area contributed by atoms with E-state index >= 15 is 0 Å². The first-order valence-corrected chi connectivity index (χ1v) is 5.90. The molecule has 0 atom stereocenters. The van der Waals surface area contributed by atoms with Crippen LogP contribution >= 0.6 is 0 Å². The van der Waals surface area contributed by atoms with Crippen molar-refractivity contribution in [2.24, 2.45) is 0 Å². The molecule has 1 aliphatic heterocycles. The molecular weight excluding hydrogens is 228 g/mol. The van der Waals surface area contributed by atoms with Crippen LogP contribution in [-0.4, -0.2) is 16.8 Å². The van der Waals surface area contributed by atoms with Crippen molar-refractivity contribution < 1.29 is 9.47 Å². The highest BCUT2D eigenvalue weighted by Crippen LogP contribution is 2.33. The average molecular weight is 242 g/mol. The fourth-order valence-electron chi connectivity index (χ4n) is 2.00. The Hall–Kier alpha value is -2.10. The second-order valence-corrected chi connectivity index (χ2v) is 4.41. The molecule has 0 amide bonds. The molecule has 0 bridgehead atoms. The fraction of sp³-hybridized carbons (Fsp3) is 0.286. The van der Waals surface area contributed by atoms with Gasteiger partial charge in [-0.3, -0.25) is 9.97 Å². The molecule has 3 rings (SSSR count). The van der Waals surface area contributed by atoms with Gasteiger partial charge in [0.15, 0.2) is 11.5 Å². The zero-order valence-electron chi connectivity index (χ0n) is 10.4. The lowest BCUT2D eigenvalue weighted by Gasteiger charge is -2.06. The molecule has 1 aromatic carbocycles. The first-order chi connectivity index (χ1) is 8.72. The first-order valence-electron chi connectivity index (χ1n) is 5.90. The van der Waals surface area contributed by atoms with E-state index in [-0.39, 0.29) is 0 Å². The standard InChI is InChI=1S/C14H14N2O2/c1-9-7-15-10(2)12(16-9)5-11-3-4-13-14(6-11)18-8-17-13/h3-4,6-7H,5,8H2,1-2H3. The van der Waals surface area contributed by atoms with Gasteiger partial charge in [-0.2, -0.15) is 0 Å². The molecule has 1 aliphatic rings. The third-order valence-corrected chi connectivity index (χ3v) is 2.98. The van der Waals surface area contributed by atoms with Crippen LogP contribution in [-0.2, 0) is 6.42 Å². The monoisotopic (exact) mass is 242 g/mol. The van der Waals surface area contributed by atoms with E-state index in [0.29, 0.717) is 6.79 Å². The number of hydrogen-bond acceptors (Lipinski definition) is 4. The van der Waals surface area contributed by atoms with Gasteiger partial charge in [0, 0.05) is 12.6 Å². The largest absolute Gasteiger partial charge is 0.454 e. The highest BCUT2D eigenvalue weighted by Gasteiger charge is 2.14. The van der Waals surface area contributed by atoms with Crippen molar-refractivity contribution >= 4 is 0 Å². The summed E-state index contributed by atoms with van der Waals surface area (Å²) in [5, 5.41) is 0. The summed E-state index contributed by atoms with van der Waals surface area (Å²) in [5.41, 5.74) is 4.07. The van der Waals surface area contributed by atoms with Crippen molar-refractivity contribution in [1.29, 1.82) is 0 Å². The van der Waals surface area contributed by atoms with Crippen molar-refractivity contribution in [3.8, 4) is 11.5 Å². The summed E-state index contributed by atoms with van der Waals surface area (Å²) in [5.74, 6) is 1.62. The predicted molar refractivity (Wildman–Crippen MR) is 66.9 cm³/mol. The second kappa shape index (κ2) is 4.29. The van der Waals surface area contributed by atoms with Crippen LogP contribution in [0.15, 0.2) is 24.4 Å². The SMILES string of the molecule is Cc1cnc(C)c(Cc2ccc3c(c2)OCO3)n1. The molecule has 0 spiro atoms. The van der Waals surface area contributed by atoms with Crippen LogP contribution in [0.5, 0.6) is 11.5 Å². The Morgan fingerprint density at radius 2 is 2.00 bits per heavy atom. The van der Waals surface area contributed by atoms with Gasteiger partial charge in [-0.05, 0) is 31.5 Å². The molecule has 1 aromatic heterocycles. The zero-order valence-corrected chi connectivity index (χ0v) is 10.4. The summed E-state index contributed by atoms with van der Waals surface area (Å²) in [7, 11) is 0. The minimum absolute atomic E-state index is 0.308. The van der Waals surface area contributed by atoms with Crippen molar-refractivity contribution in [2.75, 3.05) is 6.79 Å². The van der Waals surface area contributed by atoms with Gasteiger partial charge in [-0.25, -0.2) is 0 Å². The highest BCUT2D eigenvalue weighted by molar-refractivity contribution is 5.45. The van der Waals surface area contributed by atoms with Crippen molar-refractivity contribution in [1.82, 2.24) is 9.97 Å². The maximum absolute atomic E-state index is 5.37. The first kappa shape index (κ1) is 11.0. The van der Waals surface area contributed by atoms with Crippen LogP contribution in [0, 0.1) is 13.8 Å². The Morgan fingerprint density at radius 3 is 2.89 bits per heavy atom. The van der Waals surface area contributed by atoms with Crippen LogP contribution in [0.3, 0.4) is 0 Å². The molecule has 0 unspecified atom stereocenters. The van der Waals surface area contributed by atoms with E-state index in [1.54, 1.807) is 6.20 Å². The van der Waals surface area contributed by atoms with Gasteiger partial charge in [-0.1, -0.05) is 6.07 Å². The van der Waals surface area contributed by atoms with Crippen LogP contribution in [0.4, 0.5) is 0 Å². The minimum Gasteiger partial charge on any atom is -0.454 e. The smallest absolute Gasteiger partial charge is 0.231 e. The Labute approximate surface area is 106 Å². The van der Waals surface area contributed by atoms with Gasteiger partial charge in [0.05, 0.1) is 17.1 Å². The van der Waals surface area contributed by atoms with E-state index < -0.39 is 0 Å². The lowest BCUT2D eigenvalue weighted by molar-refractivity contribution is 0.174. The molecule has 0 N–H and O–H groups in total. The Kier molecular flexibility index (Phi) is 2.63. The van der Waals surface area contributed by atoms with Crippen molar-refractivity contribution in [3.63, 3.8) is 0 Å². The number of aromatic nitrogens is 2. The molecule has 0 saturated carbocycles. The number of aryl methyl sites for hydroxylation is 2. The molecule has 4 heteroatoms. The number of hydrogen-bond donors (Lipinski definition) is 0. The number of ether oxygens (including phenoxy) is 2. The van der Waals surface area contributed by atoms with Crippen molar-refractivity contribution in [3.05, 3.63) is 47.0 Å². The summed E-state index contributed by atoms with van der Waals surface area (Å²) in [6, 6.07) is 5.99. The van der Waals surface area contributed by atoms with E-state index in [1.165, 1.54) is 0 Å². The quantitative estimate of drug-likeness (QED) is 0.811. The van der Waals surface area contributed by atoms with E-state index in [9.17, 15) is 0 Å². The van der Waals surface area contributed by atoms with Gasteiger partial charge in [0.1, 0.15) is 0 Å². The molecule has 4 nitrogen and oxygen atoms in total. The summed E-state index contributed by atoms with van der Waals surface area (Å²) >= 11 is 0. The van der Waals surface area contributed by atoms with Crippen LogP contribution < -0.4 is 9.47 Å². The van der Waals surface area contributed by atoms with Crippen LogP contribution in [0.1, 0.15) is 22.6 Å². The fourth-order valence-corrected chi connectivity index (χ4v) is 2.00. The average Bonchev–Trinajstić information content (AvgIpc) is 2.81. The summed E-state index contributed by atoms with van der Waals surface area (Å²) in [6.45, 7) is 4.24. The molecule has 0 saturated heterocycles. The van der Waals surface area contributed by atoms with Crippen LogP contribution in [0.25, 0.3) is 0 Å². The minimum atomic E-state index is 0.308. The number of nitrogens with zero attached hydrogens (tertiary/aromatic N) is 2. The van der Waals surface area contributed by atoms with Crippen molar-refractivity contribution in [2.45, 2.75) is 20.3 Å². The lowest BCUT2D eigenvalue weighted by Crippen LogP contribution is -2.00. The van der Waals surface area contributed by atoms with Gasteiger partial charge in [-0.15, -0.1) is 0 Å². The number of fused-ring (bicyclic) bond motifs is 1. The Bertz CT molecular complexity index is 596. The van der Waals surface area contributed by atoms with E-state index in [0.717, 1.165) is 40.6 Å². The van der Waals surface area contributed by atoms with Gasteiger partial charge < -0.3 is 9.47 Å². The molecule has 0 fully saturated rings. The summed E-state index contributed by atoms with van der Waals surface area (Å²) < 4.78 is 10.7. The molecule has 2 aromatic rings. The normalized spacial score (nSPS) is 12.8. The zero-order chi connectivity index (χ0) is 12.5. The molecular formula is C14H14N2O2. The van der Waals surface area contributed by atoms with Gasteiger partial charge in [0.25, 0.3) is 0 Å². The van der Waals surface area contributed by atoms with Gasteiger partial charge >= 0.3 is 0 Å².